The third-order valence-electron chi connectivity index (χ3n) is 2.10. The summed E-state index contributed by atoms with van der Waals surface area (Å²) in [5, 5.41) is 0. The van der Waals surface area contributed by atoms with Crippen LogP contribution in [-0.4, -0.2) is 27.3 Å². The van der Waals surface area contributed by atoms with E-state index < -0.39 is 10.0 Å². The summed E-state index contributed by atoms with van der Waals surface area (Å²) in [4.78, 5) is 0. The van der Waals surface area contributed by atoms with Crippen molar-refractivity contribution in [2.24, 2.45) is 11.7 Å². The molecule has 1 fully saturated rings. The average molecular weight is 243 g/mol. The molecule has 0 amide bonds. The van der Waals surface area contributed by atoms with Crippen molar-refractivity contribution in [2.75, 3.05) is 18.8 Å². The molecule has 0 saturated heterocycles. The summed E-state index contributed by atoms with van der Waals surface area (Å²) in [6.07, 6.45) is 3.86. The summed E-state index contributed by atoms with van der Waals surface area (Å²) >= 11 is 0. The van der Waals surface area contributed by atoms with Gasteiger partial charge in [-0.1, -0.05) is 0 Å². The van der Waals surface area contributed by atoms with Crippen molar-refractivity contribution in [3.8, 4) is 0 Å². The zero-order chi connectivity index (χ0) is 9.73. The molecule has 0 heterocycles. The lowest BCUT2D eigenvalue weighted by atomic mass is 10.3. The first-order chi connectivity index (χ1) is 6.14. The molecule has 0 aliphatic heterocycles. The van der Waals surface area contributed by atoms with Gasteiger partial charge in [-0.05, 0) is 38.1 Å². The van der Waals surface area contributed by atoms with Crippen LogP contribution in [0.4, 0.5) is 0 Å². The van der Waals surface area contributed by atoms with Gasteiger partial charge in [0.15, 0.2) is 0 Å². The van der Waals surface area contributed by atoms with E-state index in [0.717, 1.165) is 25.7 Å². The van der Waals surface area contributed by atoms with Crippen molar-refractivity contribution in [3.05, 3.63) is 0 Å². The fourth-order valence-electron chi connectivity index (χ4n) is 1.15. The highest BCUT2D eigenvalue weighted by molar-refractivity contribution is 7.89. The molecular weight excluding hydrogens is 224 g/mol. The molecule has 0 spiro atoms. The van der Waals surface area contributed by atoms with Crippen molar-refractivity contribution in [1.82, 2.24) is 4.72 Å². The first-order valence-electron chi connectivity index (χ1n) is 4.81. The van der Waals surface area contributed by atoms with Gasteiger partial charge in [-0.15, -0.1) is 12.4 Å². The van der Waals surface area contributed by atoms with E-state index in [0.29, 0.717) is 24.8 Å². The van der Waals surface area contributed by atoms with Crippen molar-refractivity contribution in [1.29, 1.82) is 0 Å². The van der Waals surface area contributed by atoms with E-state index in [2.05, 4.69) is 4.72 Å². The van der Waals surface area contributed by atoms with Gasteiger partial charge < -0.3 is 5.73 Å². The molecule has 0 radical (unpaired) electrons. The Morgan fingerprint density at radius 3 is 2.43 bits per heavy atom. The van der Waals surface area contributed by atoms with Crippen LogP contribution in [0.2, 0.25) is 0 Å². The van der Waals surface area contributed by atoms with Crippen molar-refractivity contribution < 1.29 is 8.42 Å². The lowest BCUT2D eigenvalue weighted by Crippen LogP contribution is -2.28. The van der Waals surface area contributed by atoms with E-state index in [1.165, 1.54) is 0 Å². The third-order valence-corrected chi connectivity index (χ3v) is 3.66. The molecule has 1 rings (SSSR count). The Balaban J connectivity index is 0.00000169. The predicted molar refractivity (Wildman–Crippen MR) is 60.0 cm³/mol. The van der Waals surface area contributed by atoms with E-state index in [4.69, 9.17) is 5.73 Å². The molecular formula is C8H19ClN2O2S. The van der Waals surface area contributed by atoms with E-state index in [1.54, 1.807) is 0 Å². The summed E-state index contributed by atoms with van der Waals surface area (Å²) in [5.41, 5.74) is 5.29. The Labute approximate surface area is 92.1 Å². The van der Waals surface area contributed by atoms with Crippen molar-refractivity contribution in [2.45, 2.75) is 25.7 Å². The molecule has 1 aliphatic rings. The van der Waals surface area contributed by atoms with Crippen LogP contribution in [0.15, 0.2) is 0 Å². The SMILES string of the molecule is Cl.NCCCCNS(=O)(=O)CC1CC1. The van der Waals surface area contributed by atoms with E-state index in [1.807, 2.05) is 0 Å². The number of nitrogens with one attached hydrogen (secondary N) is 1. The van der Waals surface area contributed by atoms with Gasteiger partial charge in [0.2, 0.25) is 10.0 Å². The monoisotopic (exact) mass is 242 g/mol. The first-order valence-corrected chi connectivity index (χ1v) is 6.46. The van der Waals surface area contributed by atoms with Gasteiger partial charge in [-0.3, -0.25) is 0 Å². The van der Waals surface area contributed by atoms with Gasteiger partial charge in [-0.25, -0.2) is 13.1 Å². The largest absolute Gasteiger partial charge is 0.330 e. The third kappa shape index (κ3) is 6.59. The highest BCUT2D eigenvalue weighted by atomic mass is 35.5. The molecule has 0 aromatic carbocycles. The minimum absolute atomic E-state index is 0. The molecule has 6 heteroatoms. The number of hydrogen-bond donors (Lipinski definition) is 2. The van der Waals surface area contributed by atoms with E-state index >= 15 is 0 Å². The maximum Gasteiger partial charge on any atom is 0.211 e. The number of sulfonamides is 1. The van der Waals surface area contributed by atoms with Crippen LogP contribution in [-0.2, 0) is 10.0 Å². The molecule has 14 heavy (non-hydrogen) atoms. The van der Waals surface area contributed by atoms with Crippen molar-refractivity contribution in [3.63, 3.8) is 0 Å². The highest BCUT2D eigenvalue weighted by Gasteiger charge is 2.27. The number of halogens is 1. The van der Waals surface area contributed by atoms with Crippen LogP contribution in [0, 0.1) is 5.92 Å². The highest BCUT2D eigenvalue weighted by Crippen LogP contribution is 2.29. The van der Waals surface area contributed by atoms with Crippen LogP contribution in [0.3, 0.4) is 0 Å². The second kappa shape index (κ2) is 6.61. The van der Waals surface area contributed by atoms with Gasteiger partial charge in [0.25, 0.3) is 0 Å². The van der Waals surface area contributed by atoms with Gasteiger partial charge >= 0.3 is 0 Å². The number of hydrogen-bond acceptors (Lipinski definition) is 3. The molecule has 4 nitrogen and oxygen atoms in total. The molecule has 0 bridgehead atoms. The number of rotatable bonds is 7. The molecule has 3 N–H and O–H groups in total. The zero-order valence-corrected chi connectivity index (χ0v) is 9.87. The van der Waals surface area contributed by atoms with Crippen LogP contribution < -0.4 is 10.5 Å². The molecule has 1 aliphatic carbocycles. The van der Waals surface area contributed by atoms with Crippen LogP contribution in [0.5, 0.6) is 0 Å². The van der Waals surface area contributed by atoms with Gasteiger partial charge in [0, 0.05) is 6.54 Å². The second-order valence-electron chi connectivity index (χ2n) is 3.61. The zero-order valence-electron chi connectivity index (χ0n) is 8.24. The Kier molecular flexibility index (Phi) is 6.68. The van der Waals surface area contributed by atoms with Crippen LogP contribution in [0.1, 0.15) is 25.7 Å². The summed E-state index contributed by atoms with van der Waals surface area (Å²) in [5.74, 6) is 0.738. The number of nitrogens with two attached hydrogens (primary N) is 1. The molecule has 0 unspecified atom stereocenters. The Bertz CT molecular complexity index is 240. The Morgan fingerprint density at radius 2 is 1.93 bits per heavy atom. The minimum Gasteiger partial charge on any atom is -0.330 e. The Hall–Kier alpha value is 0.160. The maximum absolute atomic E-state index is 11.3. The van der Waals surface area contributed by atoms with Crippen LogP contribution in [0.25, 0.3) is 0 Å². The maximum atomic E-state index is 11.3. The van der Waals surface area contributed by atoms with E-state index in [9.17, 15) is 8.42 Å². The second-order valence-corrected chi connectivity index (χ2v) is 5.47. The minimum atomic E-state index is -2.99. The standard InChI is InChI=1S/C8H18N2O2S.ClH/c9-5-1-2-6-10-13(11,12)7-8-3-4-8;/h8,10H,1-7,9H2;1H. The Morgan fingerprint density at radius 1 is 1.29 bits per heavy atom. The average Bonchev–Trinajstić information content (AvgIpc) is 2.81. The molecule has 0 atom stereocenters. The lowest BCUT2D eigenvalue weighted by molar-refractivity contribution is 0.573. The molecule has 0 aromatic heterocycles. The fourth-order valence-corrected chi connectivity index (χ4v) is 2.68. The topological polar surface area (TPSA) is 72.2 Å². The van der Waals surface area contributed by atoms with Crippen molar-refractivity contribution >= 4 is 22.4 Å². The summed E-state index contributed by atoms with van der Waals surface area (Å²) in [6.45, 7) is 1.16. The summed E-state index contributed by atoms with van der Waals surface area (Å²) < 4.78 is 25.2. The molecule has 86 valence electrons. The fraction of sp³-hybridized carbons (Fsp3) is 1.00. The first kappa shape index (κ1) is 14.2. The van der Waals surface area contributed by atoms with E-state index in [-0.39, 0.29) is 12.4 Å². The summed E-state index contributed by atoms with van der Waals surface area (Å²) in [7, 11) is -2.99. The number of unbranched alkanes of at least 4 members (excludes halogenated alkanes) is 1. The normalized spacial score (nSPS) is 16.4. The molecule has 1 saturated carbocycles. The van der Waals surface area contributed by atoms with Gasteiger partial charge in [-0.2, -0.15) is 0 Å². The summed E-state index contributed by atoms with van der Waals surface area (Å²) in [6, 6.07) is 0. The van der Waals surface area contributed by atoms with Crippen LogP contribution >= 0.6 is 12.4 Å². The smallest absolute Gasteiger partial charge is 0.211 e. The molecule has 0 aromatic rings. The van der Waals surface area contributed by atoms with Gasteiger partial charge in [0.1, 0.15) is 0 Å². The van der Waals surface area contributed by atoms with Gasteiger partial charge in [0.05, 0.1) is 5.75 Å². The quantitative estimate of drug-likeness (QED) is 0.638. The lowest BCUT2D eigenvalue weighted by Gasteiger charge is -2.04. The predicted octanol–water partition coefficient (Wildman–Crippen LogP) is 0.476.